The summed E-state index contributed by atoms with van der Waals surface area (Å²) in [5, 5.41) is 11.2. The van der Waals surface area contributed by atoms with Gasteiger partial charge in [0.2, 0.25) is 5.88 Å². The van der Waals surface area contributed by atoms with Crippen LogP contribution in [0.15, 0.2) is 79.4 Å². The largest absolute Gasteiger partial charge is 0.470 e. The molecule has 1 aromatic carbocycles. The van der Waals surface area contributed by atoms with Crippen molar-refractivity contribution in [3.05, 3.63) is 90.6 Å². The predicted molar refractivity (Wildman–Crippen MR) is 136 cm³/mol. The zero-order chi connectivity index (χ0) is 23.8. The Morgan fingerprint density at radius 3 is 2.47 bits per heavy atom. The molecule has 7 nitrogen and oxygen atoms in total. The summed E-state index contributed by atoms with van der Waals surface area (Å²) in [4.78, 5) is 8.87. The number of rotatable bonds is 6. The minimum Gasteiger partial charge on any atom is -0.470 e. The Morgan fingerprint density at radius 2 is 1.82 bits per heavy atom. The van der Waals surface area contributed by atoms with E-state index in [9.17, 15) is 0 Å². The minimum absolute atomic E-state index is 0.0487. The molecule has 0 amide bonds. The van der Waals surface area contributed by atoms with Gasteiger partial charge in [0.05, 0.1) is 18.4 Å². The highest BCUT2D eigenvalue weighted by Gasteiger charge is 2.21. The molecule has 0 saturated carbocycles. The summed E-state index contributed by atoms with van der Waals surface area (Å²) in [5.74, 6) is 1.05. The van der Waals surface area contributed by atoms with E-state index in [-0.39, 0.29) is 6.10 Å². The van der Waals surface area contributed by atoms with Gasteiger partial charge in [-0.15, -0.1) is 0 Å². The van der Waals surface area contributed by atoms with E-state index in [0.29, 0.717) is 11.8 Å². The first-order valence-corrected chi connectivity index (χ1v) is 11.6. The van der Waals surface area contributed by atoms with E-state index in [1.54, 1.807) is 4.68 Å². The number of aryl methyl sites for hydroxylation is 2. The second-order valence-corrected chi connectivity index (χ2v) is 8.55. The summed E-state index contributed by atoms with van der Waals surface area (Å²) in [5.41, 5.74) is 5.29. The average Bonchev–Trinajstić information content (AvgIpc) is 3.32. The molecule has 176 valence electrons. The molecule has 34 heavy (non-hydrogen) atoms. The lowest BCUT2D eigenvalue weighted by Crippen LogP contribution is -2.40. The van der Waals surface area contributed by atoms with Crippen LogP contribution in [0.4, 0.5) is 5.69 Å². The summed E-state index contributed by atoms with van der Waals surface area (Å²) in [7, 11) is 1.91. The van der Waals surface area contributed by atoms with Crippen molar-refractivity contribution in [2.75, 3.05) is 25.0 Å². The predicted octanol–water partition coefficient (Wildman–Crippen LogP) is 4.44. The molecule has 0 aliphatic carbocycles. The molecule has 0 spiro atoms. The van der Waals surface area contributed by atoms with E-state index in [1.807, 2.05) is 75.2 Å². The maximum Gasteiger partial charge on any atom is 0.237 e. The van der Waals surface area contributed by atoms with E-state index in [4.69, 9.17) is 4.74 Å². The zero-order valence-electron chi connectivity index (χ0n) is 20.0. The first-order valence-electron chi connectivity index (χ1n) is 11.6. The Kier molecular flexibility index (Phi) is 7.88. The van der Waals surface area contributed by atoms with Gasteiger partial charge in [0.15, 0.2) is 0 Å². The molecule has 0 radical (unpaired) electrons. The lowest BCUT2D eigenvalue weighted by Gasteiger charge is -2.27. The number of pyridine rings is 2. The van der Waals surface area contributed by atoms with Crippen molar-refractivity contribution in [3.63, 3.8) is 0 Å². The summed E-state index contributed by atoms with van der Waals surface area (Å²) in [6.45, 7) is 6.60. The molecule has 4 aromatic rings. The van der Waals surface area contributed by atoms with Gasteiger partial charge < -0.3 is 15.4 Å². The van der Waals surface area contributed by atoms with Crippen LogP contribution >= 0.6 is 0 Å². The number of hydrogen-bond donors (Lipinski definition) is 2. The Hall–Kier alpha value is -3.71. The van der Waals surface area contributed by atoms with Crippen molar-refractivity contribution in [2.45, 2.75) is 25.9 Å². The Labute approximate surface area is 201 Å². The van der Waals surface area contributed by atoms with Gasteiger partial charge in [-0.2, -0.15) is 5.10 Å². The van der Waals surface area contributed by atoms with E-state index in [1.165, 1.54) is 5.56 Å². The molecule has 1 aliphatic rings. The standard InChI is InChI=1S/C21H26N6O.C6H6/c1-14(16-5-4-15(2)23-8-16)7-22-11-19-12-24-20-6-17(9-25-21(20)28-19)18-10-26-27(3)13-18;1-2-4-6-5-3-1/h4-6,8-10,13-14,19,22,24H,7,11-12H2,1-3H3;1-6H. The van der Waals surface area contributed by atoms with E-state index in [2.05, 4.69) is 50.8 Å². The van der Waals surface area contributed by atoms with Crippen LogP contribution in [0, 0.1) is 6.92 Å². The molecule has 0 saturated heterocycles. The Balaban J connectivity index is 0.000000398. The van der Waals surface area contributed by atoms with Crippen molar-refractivity contribution >= 4 is 5.69 Å². The quantitative estimate of drug-likeness (QED) is 0.447. The molecule has 2 unspecified atom stereocenters. The van der Waals surface area contributed by atoms with Crippen molar-refractivity contribution in [1.82, 2.24) is 25.1 Å². The van der Waals surface area contributed by atoms with Crippen LogP contribution in [0.3, 0.4) is 0 Å². The molecule has 2 atom stereocenters. The van der Waals surface area contributed by atoms with Crippen LogP contribution in [-0.4, -0.2) is 45.5 Å². The number of hydrogen-bond acceptors (Lipinski definition) is 6. The van der Waals surface area contributed by atoms with Gasteiger partial charge >= 0.3 is 0 Å². The lowest BCUT2D eigenvalue weighted by molar-refractivity contribution is 0.193. The van der Waals surface area contributed by atoms with E-state index >= 15 is 0 Å². The van der Waals surface area contributed by atoms with Crippen LogP contribution in [0.2, 0.25) is 0 Å². The van der Waals surface area contributed by atoms with Gasteiger partial charge in [0, 0.05) is 55.5 Å². The van der Waals surface area contributed by atoms with Gasteiger partial charge in [-0.1, -0.05) is 49.4 Å². The van der Waals surface area contributed by atoms with Gasteiger partial charge in [0.25, 0.3) is 0 Å². The lowest BCUT2D eigenvalue weighted by atomic mass is 10.0. The number of aromatic nitrogens is 4. The Morgan fingerprint density at radius 1 is 1.06 bits per heavy atom. The van der Waals surface area contributed by atoms with Crippen molar-refractivity contribution in [1.29, 1.82) is 0 Å². The smallest absolute Gasteiger partial charge is 0.237 e. The third-order valence-corrected chi connectivity index (χ3v) is 5.68. The van der Waals surface area contributed by atoms with Gasteiger partial charge in [-0.3, -0.25) is 9.67 Å². The summed E-state index contributed by atoms with van der Waals surface area (Å²) in [6.07, 6.45) is 7.66. The number of ether oxygens (including phenoxy) is 1. The number of fused-ring (bicyclic) bond motifs is 1. The zero-order valence-corrected chi connectivity index (χ0v) is 20.0. The first-order chi connectivity index (χ1) is 16.6. The third kappa shape index (κ3) is 6.42. The SMILES string of the molecule is Cc1ccc(C(C)CNCC2CNc3cc(-c4cnn(C)c4)cnc3O2)cn1.c1ccccc1. The maximum atomic E-state index is 6.06. The molecule has 4 heterocycles. The second kappa shape index (κ2) is 11.4. The minimum atomic E-state index is 0.0487. The topological polar surface area (TPSA) is 76.9 Å². The number of benzene rings is 1. The highest BCUT2D eigenvalue weighted by molar-refractivity contribution is 5.69. The fourth-order valence-electron chi connectivity index (χ4n) is 3.67. The molecular weight excluding hydrogens is 424 g/mol. The van der Waals surface area contributed by atoms with Crippen molar-refractivity contribution in [3.8, 4) is 17.0 Å². The van der Waals surface area contributed by atoms with Gasteiger partial charge in [0.1, 0.15) is 6.10 Å². The van der Waals surface area contributed by atoms with Crippen LogP contribution in [0.1, 0.15) is 24.1 Å². The van der Waals surface area contributed by atoms with Crippen LogP contribution in [-0.2, 0) is 7.05 Å². The number of anilines is 1. The highest BCUT2D eigenvalue weighted by Crippen LogP contribution is 2.31. The molecule has 7 heteroatoms. The second-order valence-electron chi connectivity index (χ2n) is 8.55. The van der Waals surface area contributed by atoms with Crippen LogP contribution in [0.25, 0.3) is 11.1 Å². The molecule has 1 aliphatic heterocycles. The summed E-state index contributed by atoms with van der Waals surface area (Å²) >= 11 is 0. The van der Waals surface area contributed by atoms with Crippen molar-refractivity contribution < 1.29 is 4.74 Å². The molecule has 5 rings (SSSR count). The molecule has 0 fully saturated rings. The number of nitrogens with one attached hydrogen (secondary N) is 2. The van der Waals surface area contributed by atoms with Crippen LogP contribution < -0.4 is 15.4 Å². The fourth-order valence-corrected chi connectivity index (χ4v) is 3.67. The van der Waals surface area contributed by atoms with Crippen molar-refractivity contribution in [2.24, 2.45) is 7.05 Å². The average molecular weight is 457 g/mol. The highest BCUT2D eigenvalue weighted by atomic mass is 16.5. The van der Waals surface area contributed by atoms with Crippen LogP contribution in [0.5, 0.6) is 5.88 Å². The summed E-state index contributed by atoms with van der Waals surface area (Å²) < 4.78 is 7.85. The molecular formula is C27H32N6O. The third-order valence-electron chi connectivity index (χ3n) is 5.68. The monoisotopic (exact) mass is 456 g/mol. The van der Waals surface area contributed by atoms with E-state index < -0.39 is 0 Å². The normalized spacial score (nSPS) is 15.2. The first kappa shape index (κ1) is 23.4. The summed E-state index contributed by atoms with van der Waals surface area (Å²) in [6, 6.07) is 18.3. The van der Waals surface area contributed by atoms with Gasteiger partial charge in [-0.25, -0.2) is 4.98 Å². The van der Waals surface area contributed by atoms with E-state index in [0.717, 1.165) is 42.1 Å². The molecule has 3 aromatic heterocycles. The fraction of sp³-hybridized carbons (Fsp3) is 0.296. The Bertz CT molecular complexity index is 1130. The number of nitrogens with zero attached hydrogens (tertiary/aromatic N) is 4. The molecule has 2 N–H and O–H groups in total. The maximum absolute atomic E-state index is 6.06. The molecule has 0 bridgehead atoms. The van der Waals surface area contributed by atoms with Gasteiger partial charge in [-0.05, 0) is 30.5 Å².